The lowest BCUT2D eigenvalue weighted by atomic mass is 10.1. The van der Waals surface area contributed by atoms with Gasteiger partial charge in [-0.05, 0) is 12.1 Å². The number of hydrogen-bond donors (Lipinski definition) is 2. The number of sulfonamides is 1. The molecule has 9 nitrogen and oxygen atoms in total. The second kappa shape index (κ2) is 7.74. The molecule has 28 heavy (non-hydrogen) atoms. The molecule has 0 aliphatic heterocycles. The van der Waals surface area contributed by atoms with Crippen LogP contribution in [0.2, 0.25) is 10.0 Å². The number of nitrogens with one attached hydrogen (secondary N) is 2. The number of anilines is 2. The molecule has 3 rings (SSSR count). The lowest BCUT2D eigenvalue weighted by molar-refractivity contribution is 0.102. The fourth-order valence-corrected chi connectivity index (χ4v) is 3.27. The van der Waals surface area contributed by atoms with E-state index in [0.29, 0.717) is 11.1 Å². The van der Waals surface area contributed by atoms with Crippen LogP contribution in [0.1, 0.15) is 10.4 Å². The van der Waals surface area contributed by atoms with Crippen molar-refractivity contribution in [2.75, 3.05) is 23.4 Å². The van der Waals surface area contributed by atoms with Gasteiger partial charge in [0.2, 0.25) is 16.0 Å². The molecule has 0 aliphatic carbocycles. The van der Waals surface area contributed by atoms with Crippen LogP contribution >= 0.6 is 23.2 Å². The monoisotopic (exact) mass is 441 g/mol. The highest BCUT2D eigenvalue weighted by Crippen LogP contribution is 2.31. The van der Waals surface area contributed by atoms with Gasteiger partial charge in [0.25, 0.3) is 5.91 Å². The third-order valence-electron chi connectivity index (χ3n) is 3.55. The van der Waals surface area contributed by atoms with Gasteiger partial charge >= 0.3 is 0 Å². The van der Waals surface area contributed by atoms with Gasteiger partial charge < -0.3 is 10.1 Å². The van der Waals surface area contributed by atoms with Crippen LogP contribution < -0.4 is 14.8 Å². The maximum absolute atomic E-state index is 12.8. The minimum absolute atomic E-state index is 0.147. The quantitative estimate of drug-likeness (QED) is 0.623. The van der Waals surface area contributed by atoms with Crippen molar-refractivity contribution in [2.24, 2.45) is 0 Å². The van der Waals surface area contributed by atoms with Crippen LogP contribution in [0, 0.1) is 0 Å². The predicted molar refractivity (Wildman–Crippen MR) is 107 cm³/mol. The Hall–Kier alpha value is -2.69. The third-order valence-corrected chi connectivity index (χ3v) is 4.67. The summed E-state index contributed by atoms with van der Waals surface area (Å²) in [4.78, 5) is 24.7. The summed E-state index contributed by atoms with van der Waals surface area (Å²) in [5.74, 6) is -0.327. The van der Waals surface area contributed by atoms with Crippen molar-refractivity contribution in [3.05, 3.63) is 46.3 Å². The number of carbonyl (C=O) groups excluding carboxylic acids is 1. The number of methoxy groups -OCH3 is 1. The van der Waals surface area contributed by atoms with Crippen LogP contribution in [0.25, 0.3) is 10.9 Å². The summed E-state index contributed by atoms with van der Waals surface area (Å²) in [6, 6.07) is 3.05. The Morgan fingerprint density at radius 3 is 2.43 bits per heavy atom. The van der Waals surface area contributed by atoms with Gasteiger partial charge in [-0.15, -0.1) is 0 Å². The average Bonchev–Trinajstić information content (AvgIpc) is 2.62. The van der Waals surface area contributed by atoms with E-state index >= 15 is 0 Å². The summed E-state index contributed by atoms with van der Waals surface area (Å²) < 4.78 is 30.3. The van der Waals surface area contributed by atoms with E-state index in [1.54, 1.807) is 0 Å². The Bertz CT molecular complexity index is 1170. The third kappa shape index (κ3) is 4.24. The molecule has 0 bridgehead atoms. The Morgan fingerprint density at radius 1 is 1.14 bits per heavy atom. The van der Waals surface area contributed by atoms with E-state index in [1.807, 2.05) is 0 Å². The van der Waals surface area contributed by atoms with Crippen molar-refractivity contribution >= 4 is 61.7 Å². The Balaban J connectivity index is 2.07. The summed E-state index contributed by atoms with van der Waals surface area (Å²) in [5.41, 5.74) is 0.678. The first-order valence-electron chi connectivity index (χ1n) is 7.61. The maximum Gasteiger partial charge on any atom is 0.256 e. The van der Waals surface area contributed by atoms with Crippen LogP contribution in [0.3, 0.4) is 0 Å². The molecule has 0 saturated carbocycles. The molecule has 0 unspecified atom stereocenters. The van der Waals surface area contributed by atoms with Crippen molar-refractivity contribution in [1.82, 2.24) is 15.0 Å². The summed E-state index contributed by atoms with van der Waals surface area (Å²) in [7, 11) is -2.15. The van der Waals surface area contributed by atoms with Crippen molar-refractivity contribution in [2.45, 2.75) is 0 Å². The summed E-state index contributed by atoms with van der Waals surface area (Å²) in [6.07, 6.45) is 5.00. The van der Waals surface area contributed by atoms with Crippen molar-refractivity contribution in [1.29, 1.82) is 0 Å². The van der Waals surface area contributed by atoms with E-state index in [0.717, 1.165) is 6.26 Å². The van der Waals surface area contributed by atoms with Crippen LogP contribution in [0.5, 0.6) is 5.75 Å². The highest BCUT2D eigenvalue weighted by molar-refractivity contribution is 7.91. The van der Waals surface area contributed by atoms with E-state index in [-0.39, 0.29) is 32.8 Å². The Kier molecular flexibility index (Phi) is 5.54. The molecule has 146 valence electrons. The molecule has 3 aromatic rings. The van der Waals surface area contributed by atoms with Gasteiger partial charge in [-0.25, -0.2) is 18.4 Å². The van der Waals surface area contributed by atoms with E-state index in [1.165, 1.54) is 37.8 Å². The molecular weight excluding hydrogens is 429 g/mol. The second-order valence-corrected chi connectivity index (χ2v) is 8.14. The van der Waals surface area contributed by atoms with Crippen molar-refractivity contribution in [3.63, 3.8) is 0 Å². The van der Waals surface area contributed by atoms with E-state index in [2.05, 4.69) is 25.0 Å². The molecule has 1 amide bonds. The zero-order chi connectivity index (χ0) is 20.5. The smallest absolute Gasteiger partial charge is 0.256 e. The largest absolute Gasteiger partial charge is 0.494 e. The van der Waals surface area contributed by atoms with Crippen molar-refractivity contribution < 1.29 is 17.9 Å². The number of rotatable bonds is 5. The zero-order valence-corrected chi connectivity index (χ0v) is 16.9. The van der Waals surface area contributed by atoms with Gasteiger partial charge in [0.1, 0.15) is 11.3 Å². The molecule has 1 aromatic carbocycles. The van der Waals surface area contributed by atoms with Gasteiger partial charge in [-0.2, -0.15) is 0 Å². The zero-order valence-electron chi connectivity index (χ0n) is 14.5. The highest BCUT2D eigenvalue weighted by Gasteiger charge is 2.18. The van der Waals surface area contributed by atoms with Gasteiger partial charge in [0, 0.05) is 24.0 Å². The van der Waals surface area contributed by atoms with Crippen LogP contribution in [0.15, 0.2) is 30.7 Å². The van der Waals surface area contributed by atoms with Crippen LogP contribution in [-0.4, -0.2) is 42.6 Å². The molecular formula is C16H13Cl2N5O4S. The molecule has 0 radical (unpaired) electrons. The summed E-state index contributed by atoms with van der Waals surface area (Å²) in [5, 5.41) is 3.32. The molecule has 0 atom stereocenters. The minimum Gasteiger partial charge on any atom is -0.494 e. The average molecular weight is 442 g/mol. The molecule has 12 heteroatoms. The number of amides is 1. The first kappa shape index (κ1) is 20.1. The first-order chi connectivity index (χ1) is 13.2. The molecule has 2 heterocycles. The minimum atomic E-state index is -3.57. The number of benzene rings is 1. The van der Waals surface area contributed by atoms with E-state index in [4.69, 9.17) is 27.9 Å². The van der Waals surface area contributed by atoms with E-state index in [9.17, 15) is 13.2 Å². The summed E-state index contributed by atoms with van der Waals surface area (Å²) >= 11 is 12.1. The number of halogens is 2. The number of aromatic nitrogens is 3. The maximum atomic E-state index is 12.8. The highest BCUT2D eigenvalue weighted by atomic mass is 35.5. The van der Waals surface area contributed by atoms with Gasteiger partial charge in [-0.3, -0.25) is 14.5 Å². The predicted octanol–water partition coefficient (Wildman–Crippen LogP) is 2.96. The number of nitrogens with zero attached hydrogens (tertiary/aromatic N) is 3. The lowest BCUT2D eigenvalue weighted by Gasteiger charge is -2.12. The Labute approximate surface area is 170 Å². The van der Waals surface area contributed by atoms with Gasteiger partial charge in [0.05, 0.1) is 34.7 Å². The number of fused-ring (bicyclic) bond motifs is 1. The number of hydrogen-bond acceptors (Lipinski definition) is 7. The topological polar surface area (TPSA) is 123 Å². The second-order valence-electron chi connectivity index (χ2n) is 5.58. The van der Waals surface area contributed by atoms with E-state index < -0.39 is 15.9 Å². The molecule has 2 N–H and O–H groups in total. The lowest BCUT2D eigenvalue weighted by Crippen LogP contribution is -2.15. The number of carbonyl (C=O) groups is 1. The van der Waals surface area contributed by atoms with Crippen LogP contribution in [0.4, 0.5) is 11.6 Å². The van der Waals surface area contributed by atoms with Crippen LogP contribution in [-0.2, 0) is 10.0 Å². The standard InChI is InChI=1S/C16H13Cl2N5O4S/c1-27-12-4-3-8(15(24)21-14-10(17)6-19-7-11(14)18)9-5-20-16(22-13(9)12)23-28(2,25)26/h3-7H,1-2H3,(H,19,21,24)(H,20,22,23). The Morgan fingerprint density at radius 2 is 1.82 bits per heavy atom. The van der Waals surface area contributed by atoms with Gasteiger partial charge in [0.15, 0.2) is 0 Å². The summed E-state index contributed by atoms with van der Waals surface area (Å²) in [6.45, 7) is 0. The molecule has 2 aromatic heterocycles. The number of pyridine rings is 1. The van der Waals surface area contributed by atoms with Crippen molar-refractivity contribution in [3.8, 4) is 5.75 Å². The number of ether oxygens (including phenoxy) is 1. The fraction of sp³-hybridized carbons (Fsp3) is 0.125. The molecule has 0 spiro atoms. The van der Waals surface area contributed by atoms with Gasteiger partial charge in [-0.1, -0.05) is 23.2 Å². The fourth-order valence-electron chi connectivity index (χ4n) is 2.38. The molecule has 0 fully saturated rings. The first-order valence-corrected chi connectivity index (χ1v) is 10.3. The molecule has 0 saturated heterocycles. The SMILES string of the molecule is COc1ccc(C(=O)Nc2c(Cl)cncc2Cl)c2cnc(NS(C)(=O)=O)nc12. The normalized spacial score (nSPS) is 11.3. The molecule has 0 aliphatic rings.